The minimum absolute atomic E-state index is 0.235. The second-order valence-corrected chi connectivity index (χ2v) is 9.66. The predicted molar refractivity (Wildman–Crippen MR) is 142 cm³/mol. The molecule has 1 aliphatic rings. The molecule has 5 rings (SSSR count). The van der Waals surface area contributed by atoms with Gasteiger partial charge in [-0.25, -0.2) is 9.07 Å². The summed E-state index contributed by atoms with van der Waals surface area (Å²) in [5, 5.41) is 7.46. The van der Waals surface area contributed by atoms with Crippen LogP contribution in [0.2, 0.25) is 0 Å². The van der Waals surface area contributed by atoms with E-state index >= 15 is 0 Å². The largest absolute Gasteiger partial charge is 0.416 e. The van der Waals surface area contributed by atoms with Crippen LogP contribution in [0.1, 0.15) is 51.1 Å². The van der Waals surface area contributed by atoms with Crippen molar-refractivity contribution in [3.8, 4) is 5.69 Å². The molecule has 2 amide bonds. The fourth-order valence-corrected chi connectivity index (χ4v) is 5.24. The zero-order valence-corrected chi connectivity index (χ0v) is 22.0. The minimum atomic E-state index is -4.64. The molecular weight excluding hydrogens is 524 g/mol. The summed E-state index contributed by atoms with van der Waals surface area (Å²) in [6, 6.07) is 16.0. The van der Waals surface area contributed by atoms with Gasteiger partial charge in [0.2, 0.25) is 0 Å². The number of hydrogen-bond donors (Lipinski definition) is 1. The number of halogens is 4. The molecule has 1 aliphatic heterocycles. The number of rotatable bonds is 5. The second kappa shape index (κ2) is 10.3. The number of aromatic nitrogens is 2. The van der Waals surface area contributed by atoms with Gasteiger partial charge in [-0.05, 0) is 68.3 Å². The number of nitrogens with one attached hydrogen (secondary N) is 1. The first-order chi connectivity index (χ1) is 19.0. The van der Waals surface area contributed by atoms with Crippen LogP contribution in [-0.4, -0.2) is 34.2 Å². The van der Waals surface area contributed by atoms with E-state index in [1.807, 2.05) is 31.2 Å². The predicted octanol–water partition coefficient (Wildman–Crippen LogP) is 5.94. The zero-order valence-electron chi connectivity index (χ0n) is 22.0. The van der Waals surface area contributed by atoms with Crippen LogP contribution in [0.4, 0.5) is 23.4 Å². The smallest absolute Gasteiger partial charge is 0.339 e. The first kappa shape index (κ1) is 27.1. The summed E-state index contributed by atoms with van der Waals surface area (Å²) in [5.41, 5.74) is 2.28. The van der Waals surface area contributed by atoms with Crippen molar-refractivity contribution >= 4 is 17.6 Å². The van der Waals surface area contributed by atoms with Crippen LogP contribution in [0.15, 0.2) is 72.8 Å². The maximum absolute atomic E-state index is 14.1. The number of fused-ring (bicyclic) bond motifs is 1. The van der Waals surface area contributed by atoms with Crippen LogP contribution in [0, 0.1) is 19.7 Å². The molecule has 0 saturated carbocycles. The summed E-state index contributed by atoms with van der Waals surface area (Å²) < 4.78 is 55.5. The van der Waals surface area contributed by atoms with Gasteiger partial charge in [-0.1, -0.05) is 36.4 Å². The summed E-state index contributed by atoms with van der Waals surface area (Å²) in [6.45, 7) is 5.75. The van der Waals surface area contributed by atoms with E-state index < -0.39 is 41.3 Å². The molecule has 1 N–H and O–H groups in total. The SMILES string of the molecule is CCN1C(=O)C(NC(=O)c2cccc(C(F)(F)F)c2)C(c2ccc(F)cc2)c2c(C)nn(-c3ccccc3C)c21. The van der Waals surface area contributed by atoms with E-state index in [-0.39, 0.29) is 12.1 Å². The van der Waals surface area contributed by atoms with E-state index in [1.165, 1.54) is 35.2 Å². The molecule has 0 fully saturated rings. The Balaban J connectivity index is 1.67. The number of likely N-dealkylation sites (N-methyl/N-ethyl adjacent to an activating group) is 1. The molecule has 0 spiro atoms. The summed E-state index contributed by atoms with van der Waals surface area (Å²) in [7, 11) is 0. The van der Waals surface area contributed by atoms with Gasteiger partial charge in [-0.15, -0.1) is 0 Å². The number of anilines is 1. The molecule has 0 aliphatic carbocycles. The molecule has 1 aromatic heterocycles. The van der Waals surface area contributed by atoms with Crippen LogP contribution >= 0.6 is 0 Å². The highest BCUT2D eigenvalue weighted by molar-refractivity contribution is 6.05. The molecule has 4 aromatic rings. The molecule has 40 heavy (non-hydrogen) atoms. The van der Waals surface area contributed by atoms with E-state index in [1.54, 1.807) is 18.5 Å². The van der Waals surface area contributed by atoms with Gasteiger partial charge in [0.15, 0.2) is 0 Å². The standard InChI is InChI=1S/C30H26F4N4O2/c1-4-37-28-24(18(3)36-38(28)23-11-6-5-8-17(23)2)25(19-12-14-22(31)15-13-19)26(29(37)40)35-27(39)20-9-7-10-21(16-20)30(32,33)34/h5-16,25-26H,4H2,1-3H3,(H,35,39). The molecule has 2 atom stereocenters. The Morgan fingerprint density at radius 1 is 1.00 bits per heavy atom. The summed E-state index contributed by atoms with van der Waals surface area (Å²) in [6.07, 6.45) is -4.64. The lowest BCUT2D eigenvalue weighted by molar-refractivity contribution is -0.137. The Kier molecular flexibility index (Phi) is 6.95. The lowest BCUT2D eigenvalue weighted by Gasteiger charge is -2.38. The quantitative estimate of drug-likeness (QED) is 0.313. The highest BCUT2D eigenvalue weighted by atomic mass is 19.4. The van der Waals surface area contributed by atoms with Gasteiger partial charge in [0.1, 0.15) is 17.7 Å². The van der Waals surface area contributed by atoms with Gasteiger partial charge in [0.05, 0.1) is 16.9 Å². The maximum atomic E-state index is 14.1. The van der Waals surface area contributed by atoms with Crippen LogP contribution in [-0.2, 0) is 11.0 Å². The molecule has 3 aromatic carbocycles. The molecule has 0 radical (unpaired) electrons. The first-order valence-corrected chi connectivity index (χ1v) is 12.7. The average Bonchev–Trinajstić information content (AvgIpc) is 3.26. The number of para-hydroxylation sites is 1. The summed E-state index contributed by atoms with van der Waals surface area (Å²) >= 11 is 0. The van der Waals surface area contributed by atoms with Crippen molar-refractivity contribution in [3.63, 3.8) is 0 Å². The van der Waals surface area contributed by atoms with E-state index in [2.05, 4.69) is 5.32 Å². The first-order valence-electron chi connectivity index (χ1n) is 12.7. The normalized spacial score (nSPS) is 17.1. The van der Waals surface area contributed by atoms with Crippen LogP contribution in [0.5, 0.6) is 0 Å². The molecule has 10 heteroatoms. The van der Waals surface area contributed by atoms with Crippen molar-refractivity contribution < 1.29 is 27.2 Å². The average molecular weight is 551 g/mol. The third kappa shape index (κ3) is 4.74. The maximum Gasteiger partial charge on any atom is 0.416 e. The third-order valence-electron chi connectivity index (χ3n) is 7.14. The van der Waals surface area contributed by atoms with E-state index in [0.717, 1.165) is 29.4 Å². The van der Waals surface area contributed by atoms with Crippen molar-refractivity contribution in [2.45, 2.75) is 38.9 Å². The Morgan fingerprint density at radius 3 is 2.35 bits per heavy atom. The van der Waals surface area contributed by atoms with Crippen molar-refractivity contribution in [1.82, 2.24) is 15.1 Å². The number of alkyl halides is 3. The number of nitrogens with zero attached hydrogens (tertiary/aromatic N) is 3. The van der Waals surface area contributed by atoms with Crippen LogP contribution < -0.4 is 10.2 Å². The lowest BCUT2D eigenvalue weighted by atomic mass is 9.81. The molecule has 6 nitrogen and oxygen atoms in total. The Bertz CT molecular complexity index is 1590. The van der Waals surface area contributed by atoms with E-state index in [0.29, 0.717) is 22.6 Å². The number of benzene rings is 3. The molecule has 2 unspecified atom stereocenters. The topological polar surface area (TPSA) is 67.2 Å². The molecule has 0 bridgehead atoms. The van der Waals surface area contributed by atoms with Gasteiger partial charge < -0.3 is 5.32 Å². The van der Waals surface area contributed by atoms with Crippen LogP contribution in [0.3, 0.4) is 0 Å². The van der Waals surface area contributed by atoms with Gasteiger partial charge in [0.25, 0.3) is 11.8 Å². The highest BCUT2D eigenvalue weighted by Gasteiger charge is 2.45. The highest BCUT2D eigenvalue weighted by Crippen LogP contribution is 2.43. The number of hydrogen-bond acceptors (Lipinski definition) is 3. The van der Waals surface area contributed by atoms with Crippen molar-refractivity contribution in [3.05, 3.63) is 112 Å². The summed E-state index contributed by atoms with van der Waals surface area (Å²) in [4.78, 5) is 28.9. The lowest BCUT2D eigenvalue weighted by Crippen LogP contribution is -2.55. The van der Waals surface area contributed by atoms with Gasteiger partial charge in [-0.2, -0.15) is 18.3 Å². The van der Waals surface area contributed by atoms with E-state index in [9.17, 15) is 27.2 Å². The molecule has 0 saturated heterocycles. The van der Waals surface area contributed by atoms with Gasteiger partial charge >= 0.3 is 6.18 Å². The molecule has 2 heterocycles. The second-order valence-electron chi connectivity index (χ2n) is 9.66. The van der Waals surface area contributed by atoms with Crippen molar-refractivity contribution in [2.24, 2.45) is 0 Å². The van der Waals surface area contributed by atoms with Crippen LogP contribution in [0.25, 0.3) is 5.69 Å². The Morgan fingerprint density at radius 2 is 1.70 bits per heavy atom. The van der Waals surface area contributed by atoms with Gasteiger partial charge in [0, 0.05) is 23.6 Å². The zero-order chi connectivity index (χ0) is 28.8. The Hall–Kier alpha value is -4.47. The Labute approximate surface area is 228 Å². The fourth-order valence-electron chi connectivity index (χ4n) is 5.24. The number of carbonyl (C=O) groups excluding carboxylic acids is 2. The third-order valence-corrected chi connectivity index (χ3v) is 7.14. The fraction of sp³-hybridized carbons (Fsp3) is 0.233. The summed E-state index contributed by atoms with van der Waals surface area (Å²) in [5.74, 6) is -2.02. The molecular formula is C30H26F4N4O2. The van der Waals surface area contributed by atoms with E-state index in [4.69, 9.17) is 5.10 Å². The minimum Gasteiger partial charge on any atom is -0.339 e. The number of amides is 2. The number of aryl methyl sites for hydroxylation is 2. The monoisotopic (exact) mass is 550 g/mol. The van der Waals surface area contributed by atoms with Crippen molar-refractivity contribution in [2.75, 3.05) is 11.4 Å². The van der Waals surface area contributed by atoms with Crippen molar-refractivity contribution in [1.29, 1.82) is 0 Å². The van der Waals surface area contributed by atoms with Gasteiger partial charge in [-0.3, -0.25) is 14.5 Å². The molecule has 206 valence electrons. The number of carbonyl (C=O) groups is 2.